The predicted octanol–water partition coefficient (Wildman–Crippen LogP) is 3.26. The van der Waals surface area contributed by atoms with E-state index in [1.807, 2.05) is 50.5 Å². The first-order valence-electron chi connectivity index (χ1n) is 7.86. The third kappa shape index (κ3) is 6.71. The number of benzene rings is 2. The summed E-state index contributed by atoms with van der Waals surface area (Å²) in [5.74, 6) is 0. The average molecular weight is 333 g/mol. The quantitative estimate of drug-likeness (QED) is 0.803. The lowest BCUT2D eigenvalue weighted by atomic mass is 10.2. The van der Waals surface area contributed by atoms with Gasteiger partial charge < -0.3 is 5.11 Å². The van der Waals surface area contributed by atoms with Gasteiger partial charge in [-0.25, -0.2) is 0 Å². The van der Waals surface area contributed by atoms with Crippen LogP contribution in [0.4, 0.5) is 0 Å². The summed E-state index contributed by atoms with van der Waals surface area (Å²) in [6, 6.07) is 18.2. The summed E-state index contributed by atoms with van der Waals surface area (Å²) in [5, 5.41) is 11.0. The minimum absolute atomic E-state index is 0.382. The molecule has 1 N–H and O–H groups in total. The van der Waals surface area contributed by atoms with E-state index in [9.17, 15) is 5.11 Å². The summed E-state index contributed by atoms with van der Waals surface area (Å²) in [6.07, 6.45) is -0.382. The van der Waals surface area contributed by atoms with Crippen molar-refractivity contribution in [3.63, 3.8) is 0 Å². The second-order valence-corrected chi connectivity index (χ2v) is 6.60. The van der Waals surface area contributed by atoms with Gasteiger partial charge in [-0.3, -0.25) is 9.80 Å². The molecule has 0 amide bonds. The van der Waals surface area contributed by atoms with Crippen molar-refractivity contribution < 1.29 is 5.11 Å². The van der Waals surface area contributed by atoms with Crippen LogP contribution < -0.4 is 0 Å². The molecular weight excluding hydrogens is 308 g/mol. The van der Waals surface area contributed by atoms with Gasteiger partial charge in [0.25, 0.3) is 0 Å². The van der Waals surface area contributed by atoms with Gasteiger partial charge in [-0.05, 0) is 37.4 Å². The number of aliphatic hydroxyl groups excluding tert-OH is 1. The van der Waals surface area contributed by atoms with Crippen LogP contribution in [0.1, 0.15) is 11.1 Å². The van der Waals surface area contributed by atoms with E-state index in [1.165, 1.54) is 5.56 Å². The van der Waals surface area contributed by atoms with Crippen molar-refractivity contribution >= 4 is 11.6 Å². The zero-order valence-corrected chi connectivity index (χ0v) is 14.6. The van der Waals surface area contributed by atoms with E-state index in [4.69, 9.17) is 11.6 Å². The first kappa shape index (κ1) is 18.0. The van der Waals surface area contributed by atoms with E-state index in [2.05, 4.69) is 28.0 Å². The molecule has 124 valence electrons. The number of hydrogen-bond acceptors (Lipinski definition) is 3. The second-order valence-electron chi connectivity index (χ2n) is 6.16. The van der Waals surface area contributed by atoms with Gasteiger partial charge in [0, 0.05) is 31.2 Å². The third-order valence-electron chi connectivity index (χ3n) is 3.68. The third-order valence-corrected chi connectivity index (χ3v) is 3.92. The van der Waals surface area contributed by atoms with Crippen LogP contribution in [0, 0.1) is 0 Å². The lowest BCUT2D eigenvalue weighted by Crippen LogP contribution is -2.37. The van der Waals surface area contributed by atoms with Crippen LogP contribution in [0.25, 0.3) is 0 Å². The van der Waals surface area contributed by atoms with Crippen LogP contribution in [-0.2, 0) is 13.1 Å². The highest BCUT2D eigenvalue weighted by molar-refractivity contribution is 6.30. The Labute approximate surface area is 144 Å². The number of aliphatic hydroxyl groups is 1. The molecule has 2 rings (SSSR count). The van der Waals surface area contributed by atoms with Crippen molar-refractivity contribution in [2.75, 3.05) is 27.2 Å². The fourth-order valence-electron chi connectivity index (χ4n) is 2.75. The molecule has 3 nitrogen and oxygen atoms in total. The normalized spacial score (nSPS) is 12.8. The van der Waals surface area contributed by atoms with Crippen molar-refractivity contribution in [3.8, 4) is 0 Å². The molecule has 2 aromatic rings. The largest absolute Gasteiger partial charge is 0.390 e. The Morgan fingerprint density at radius 2 is 1.43 bits per heavy atom. The SMILES string of the molecule is CN(Cc1ccccc1)CC(O)CN(C)Cc1cccc(Cl)c1. The van der Waals surface area contributed by atoms with Gasteiger partial charge in [0.05, 0.1) is 6.10 Å². The molecule has 0 saturated heterocycles. The van der Waals surface area contributed by atoms with Gasteiger partial charge in [-0.2, -0.15) is 0 Å². The van der Waals surface area contributed by atoms with Crippen LogP contribution in [0.5, 0.6) is 0 Å². The van der Waals surface area contributed by atoms with E-state index >= 15 is 0 Å². The predicted molar refractivity (Wildman–Crippen MR) is 96.6 cm³/mol. The monoisotopic (exact) mass is 332 g/mol. The van der Waals surface area contributed by atoms with Crippen molar-refractivity contribution in [1.82, 2.24) is 9.80 Å². The molecule has 2 aromatic carbocycles. The van der Waals surface area contributed by atoms with E-state index in [0.29, 0.717) is 13.1 Å². The highest BCUT2D eigenvalue weighted by Gasteiger charge is 2.12. The number of nitrogens with zero attached hydrogens (tertiary/aromatic N) is 2. The summed E-state index contributed by atoms with van der Waals surface area (Å²) in [7, 11) is 4.05. The molecule has 0 saturated carbocycles. The summed E-state index contributed by atoms with van der Waals surface area (Å²) in [6.45, 7) is 2.90. The van der Waals surface area contributed by atoms with Crippen LogP contribution in [0.3, 0.4) is 0 Å². The van der Waals surface area contributed by atoms with Crippen LogP contribution in [-0.4, -0.2) is 48.2 Å². The average Bonchev–Trinajstić information content (AvgIpc) is 2.47. The van der Waals surface area contributed by atoms with Crippen LogP contribution in [0.15, 0.2) is 54.6 Å². The molecule has 1 unspecified atom stereocenters. The fraction of sp³-hybridized carbons (Fsp3) is 0.368. The van der Waals surface area contributed by atoms with E-state index in [1.54, 1.807) is 0 Å². The Hall–Kier alpha value is -1.39. The van der Waals surface area contributed by atoms with Gasteiger partial charge >= 0.3 is 0 Å². The highest BCUT2D eigenvalue weighted by atomic mass is 35.5. The minimum atomic E-state index is -0.382. The zero-order chi connectivity index (χ0) is 16.7. The number of likely N-dealkylation sites (N-methyl/N-ethyl adjacent to an activating group) is 2. The first-order valence-corrected chi connectivity index (χ1v) is 8.24. The smallest absolute Gasteiger partial charge is 0.0793 e. The van der Waals surface area contributed by atoms with E-state index < -0.39 is 0 Å². The summed E-state index contributed by atoms with van der Waals surface area (Å²) >= 11 is 6.01. The van der Waals surface area contributed by atoms with Crippen molar-refractivity contribution in [3.05, 3.63) is 70.7 Å². The number of halogens is 1. The molecule has 0 aliphatic heterocycles. The Morgan fingerprint density at radius 3 is 2.04 bits per heavy atom. The van der Waals surface area contributed by atoms with Crippen LogP contribution in [0.2, 0.25) is 5.02 Å². The fourth-order valence-corrected chi connectivity index (χ4v) is 2.96. The molecule has 0 radical (unpaired) electrons. The molecule has 0 aliphatic rings. The van der Waals surface area contributed by atoms with E-state index in [-0.39, 0.29) is 6.10 Å². The summed E-state index contributed by atoms with van der Waals surface area (Å²) in [5.41, 5.74) is 2.42. The maximum atomic E-state index is 10.3. The molecule has 1 atom stereocenters. The Balaban J connectivity index is 1.76. The van der Waals surface area contributed by atoms with Gasteiger partial charge in [-0.1, -0.05) is 54.1 Å². The second kappa shape index (κ2) is 9.04. The molecule has 23 heavy (non-hydrogen) atoms. The molecule has 0 fully saturated rings. The lowest BCUT2D eigenvalue weighted by molar-refractivity contribution is 0.0868. The highest BCUT2D eigenvalue weighted by Crippen LogP contribution is 2.12. The van der Waals surface area contributed by atoms with E-state index in [0.717, 1.165) is 23.7 Å². The van der Waals surface area contributed by atoms with Crippen molar-refractivity contribution in [2.24, 2.45) is 0 Å². The van der Waals surface area contributed by atoms with Crippen LogP contribution >= 0.6 is 11.6 Å². The maximum absolute atomic E-state index is 10.3. The molecule has 0 aromatic heterocycles. The Bertz CT molecular complexity index is 591. The lowest BCUT2D eigenvalue weighted by Gasteiger charge is -2.25. The summed E-state index contributed by atoms with van der Waals surface area (Å²) in [4.78, 5) is 4.26. The summed E-state index contributed by atoms with van der Waals surface area (Å²) < 4.78 is 0. The van der Waals surface area contributed by atoms with Gasteiger partial charge in [0.2, 0.25) is 0 Å². The maximum Gasteiger partial charge on any atom is 0.0793 e. The van der Waals surface area contributed by atoms with Gasteiger partial charge in [-0.15, -0.1) is 0 Å². The molecule has 0 aliphatic carbocycles. The molecule has 0 bridgehead atoms. The topological polar surface area (TPSA) is 26.7 Å². The molecular formula is C19H25ClN2O. The zero-order valence-electron chi connectivity index (χ0n) is 13.8. The van der Waals surface area contributed by atoms with Gasteiger partial charge in [0.15, 0.2) is 0 Å². The van der Waals surface area contributed by atoms with Crippen molar-refractivity contribution in [2.45, 2.75) is 19.2 Å². The first-order chi connectivity index (χ1) is 11.0. The van der Waals surface area contributed by atoms with Gasteiger partial charge in [0.1, 0.15) is 0 Å². The molecule has 0 heterocycles. The Kier molecular flexibility index (Phi) is 7.06. The number of hydrogen-bond donors (Lipinski definition) is 1. The minimum Gasteiger partial charge on any atom is -0.390 e. The Morgan fingerprint density at radius 1 is 0.870 bits per heavy atom. The molecule has 4 heteroatoms. The molecule has 0 spiro atoms. The van der Waals surface area contributed by atoms with Crippen molar-refractivity contribution in [1.29, 1.82) is 0 Å². The number of rotatable bonds is 8. The standard InChI is InChI=1S/C19H25ClN2O/c1-21(12-16-7-4-3-5-8-16)14-19(23)15-22(2)13-17-9-6-10-18(20)11-17/h3-11,19,23H,12-15H2,1-2H3.